The molecule has 0 spiro atoms. The van der Waals surface area contributed by atoms with Gasteiger partial charge >= 0.3 is 0 Å². The monoisotopic (exact) mass is 233 g/mol. The molecule has 88 valence electrons. The van der Waals surface area contributed by atoms with Gasteiger partial charge in [0.15, 0.2) is 0 Å². The molecular formula is C12H12FN3O. The Morgan fingerprint density at radius 1 is 1.53 bits per heavy atom. The fourth-order valence-electron chi connectivity index (χ4n) is 1.83. The number of amides is 1. The van der Waals surface area contributed by atoms with Gasteiger partial charge in [0.05, 0.1) is 11.0 Å². The highest BCUT2D eigenvalue weighted by molar-refractivity contribution is 5.94. The number of hydrogen-bond acceptors (Lipinski definition) is 2. The van der Waals surface area contributed by atoms with Crippen LogP contribution in [0.5, 0.6) is 0 Å². The molecule has 0 atom stereocenters. The quantitative estimate of drug-likeness (QED) is 0.863. The van der Waals surface area contributed by atoms with Crippen molar-refractivity contribution in [2.45, 2.75) is 12.8 Å². The van der Waals surface area contributed by atoms with Crippen molar-refractivity contribution in [3.05, 3.63) is 24.0 Å². The number of carbonyl (C=O) groups excluding carboxylic acids is 1. The van der Waals surface area contributed by atoms with Crippen LogP contribution in [-0.4, -0.2) is 15.5 Å². The van der Waals surface area contributed by atoms with Crippen molar-refractivity contribution in [2.75, 3.05) is 5.32 Å². The maximum Gasteiger partial charge on any atom is 0.229 e. The van der Waals surface area contributed by atoms with Gasteiger partial charge in [-0.2, -0.15) is 0 Å². The maximum absolute atomic E-state index is 13.1. The summed E-state index contributed by atoms with van der Waals surface area (Å²) in [6.07, 6.45) is 1.90. The number of benzene rings is 1. The van der Waals surface area contributed by atoms with Crippen molar-refractivity contribution in [3.63, 3.8) is 0 Å². The van der Waals surface area contributed by atoms with Crippen molar-refractivity contribution in [2.24, 2.45) is 13.0 Å². The number of nitrogens with zero attached hydrogens (tertiary/aromatic N) is 2. The molecule has 0 radical (unpaired) electrons. The van der Waals surface area contributed by atoms with E-state index in [1.807, 2.05) is 0 Å². The number of aromatic nitrogens is 2. The number of anilines is 1. The molecule has 2 aromatic rings. The smallest absolute Gasteiger partial charge is 0.229 e. The second-order valence-electron chi connectivity index (χ2n) is 4.39. The Kier molecular flexibility index (Phi) is 2.14. The molecule has 0 aliphatic heterocycles. The summed E-state index contributed by atoms with van der Waals surface area (Å²) in [5.41, 5.74) is 1.36. The van der Waals surface area contributed by atoms with E-state index < -0.39 is 0 Å². The molecule has 4 nitrogen and oxygen atoms in total. The van der Waals surface area contributed by atoms with E-state index in [4.69, 9.17) is 0 Å². The van der Waals surface area contributed by atoms with Crippen LogP contribution in [0.25, 0.3) is 11.0 Å². The van der Waals surface area contributed by atoms with Crippen molar-refractivity contribution < 1.29 is 9.18 Å². The number of carbonyl (C=O) groups is 1. The zero-order valence-corrected chi connectivity index (χ0v) is 9.40. The predicted molar refractivity (Wildman–Crippen MR) is 62.0 cm³/mol. The van der Waals surface area contributed by atoms with Crippen LogP contribution in [0.1, 0.15) is 12.8 Å². The molecule has 0 saturated heterocycles. The van der Waals surface area contributed by atoms with Crippen LogP contribution in [0.3, 0.4) is 0 Å². The van der Waals surface area contributed by atoms with E-state index in [-0.39, 0.29) is 17.6 Å². The number of nitrogens with one attached hydrogen (secondary N) is 1. The van der Waals surface area contributed by atoms with E-state index >= 15 is 0 Å². The lowest BCUT2D eigenvalue weighted by molar-refractivity contribution is -0.117. The first-order valence-electron chi connectivity index (χ1n) is 5.58. The summed E-state index contributed by atoms with van der Waals surface area (Å²) < 4.78 is 14.8. The molecule has 3 rings (SSSR count). The molecule has 1 fully saturated rings. The normalized spacial score (nSPS) is 15.2. The van der Waals surface area contributed by atoms with E-state index in [1.165, 1.54) is 12.1 Å². The van der Waals surface area contributed by atoms with Crippen molar-refractivity contribution in [1.29, 1.82) is 0 Å². The number of rotatable bonds is 2. The fraction of sp³-hybridized carbons (Fsp3) is 0.333. The largest absolute Gasteiger partial charge is 0.313 e. The van der Waals surface area contributed by atoms with Gasteiger partial charge in [-0.1, -0.05) is 0 Å². The second-order valence-corrected chi connectivity index (χ2v) is 4.39. The summed E-state index contributed by atoms with van der Waals surface area (Å²) in [7, 11) is 1.76. The average molecular weight is 233 g/mol. The fourth-order valence-corrected chi connectivity index (χ4v) is 1.83. The first-order chi connectivity index (χ1) is 8.15. The number of hydrogen-bond donors (Lipinski definition) is 1. The van der Waals surface area contributed by atoms with Gasteiger partial charge in [-0.3, -0.25) is 10.1 Å². The van der Waals surface area contributed by atoms with Gasteiger partial charge in [0.25, 0.3) is 0 Å². The molecule has 0 bridgehead atoms. The minimum atomic E-state index is -0.305. The van der Waals surface area contributed by atoms with Crippen LogP contribution in [0.15, 0.2) is 18.2 Å². The minimum Gasteiger partial charge on any atom is -0.313 e. The lowest BCUT2D eigenvalue weighted by Gasteiger charge is -2.03. The third kappa shape index (κ3) is 1.77. The maximum atomic E-state index is 13.1. The molecule has 1 aromatic carbocycles. The third-order valence-electron chi connectivity index (χ3n) is 3.03. The molecule has 5 heteroatoms. The molecule has 0 unspecified atom stereocenters. The molecule has 17 heavy (non-hydrogen) atoms. The Morgan fingerprint density at radius 2 is 2.29 bits per heavy atom. The van der Waals surface area contributed by atoms with Gasteiger partial charge in [0, 0.05) is 13.0 Å². The predicted octanol–water partition coefficient (Wildman–Crippen LogP) is 2.06. The van der Waals surface area contributed by atoms with Gasteiger partial charge in [0.2, 0.25) is 11.9 Å². The Bertz CT molecular complexity index is 601. The second kappa shape index (κ2) is 3.55. The van der Waals surface area contributed by atoms with E-state index in [9.17, 15) is 9.18 Å². The standard InChI is InChI=1S/C12H12FN3O/c1-16-10-6-8(13)4-5-9(10)14-12(16)15-11(17)7-2-3-7/h4-7H,2-3H2,1H3,(H,14,15,17). The molecule has 1 amide bonds. The zero-order valence-electron chi connectivity index (χ0n) is 9.40. The van der Waals surface area contributed by atoms with Crippen LogP contribution in [0, 0.1) is 11.7 Å². The highest BCUT2D eigenvalue weighted by Gasteiger charge is 2.30. The van der Waals surface area contributed by atoms with Gasteiger partial charge in [-0.05, 0) is 31.0 Å². The highest BCUT2D eigenvalue weighted by Crippen LogP contribution is 2.30. The first-order valence-corrected chi connectivity index (χ1v) is 5.58. The Morgan fingerprint density at radius 3 is 3.00 bits per heavy atom. The van der Waals surface area contributed by atoms with Crippen molar-refractivity contribution >= 4 is 22.9 Å². The van der Waals surface area contributed by atoms with Crippen LogP contribution >= 0.6 is 0 Å². The van der Waals surface area contributed by atoms with Crippen LogP contribution in [-0.2, 0) is 11.8 Å². The SMILES string of the molecule is Cn1c(NC(=O)C2CC2)nc2ccc(F)cc21. The molecule has 1 heterocycles. The first kappa shape index (κ1) is 10.3. The summed E-state index contributed by atoms with van der Waals surface area (Å²) in [5.74, 6) is 0.304. The van der Waals surface area contributed by atoms with Gasteiger partial charge in [0.1, 0.15) is 5.82 Å². The molecular weight excluding hydrogens is 221 g/mol. The van der Waals surface area contributed by atoms with Crippen LogP contribution < -0.4 is 5.32 Å². The van der Waals surface area contributed by atoms with Crippen LogP contribution in [0.4, 0.5) is 10.3 Å². The minimum absolute atomic E-state index is 0.00359. The van der Waals surface area contributed by atoms with Gasteiger partial charge in [-0.15, -0.1) is 0 Å². The number of aryl methyl sites for hydroxylation is 1. The summed E-state index contributed by atoms with van der Waals surface area (Å²) in [6, 6.07) is 4.38. The summed E-state index contributed by atoms with van der Waals surface area (Å²) in [6.45, 7) is 0. The lowest BCUT2D eigenvalue weighted by Crippen LogP contribution is -2.16. The zero-order chi connectivity index (χ0) is 12.0. The topological polar surface area (TPSA) is 46.9 Å². The Labute approximate surface area is 97.4 Å². The lowest BCUT2D eigenvalue weighted by atomic mass is 10.3. The number of imidazole rings is 1. The van der Waals surface area contributed by atoms with E-state index in [0.29, 0.717) is 17.0 Å². The average Bonchev–Trinajstić information content (AvgIpc) is 3.09. The van der Waals surface area contributed by atoms with E-state index in [0.717, 1.165) is 12.8 Å². The highest BCUT2D eigenvalue weighted by atomic mass is 19.1. The number of fused-ring (bicyclic) bond motifs is 1. The number of halogens is 1. The van der Waals surface area contributed by atoms with Crippen molar-refractivity contribution in [3.8, 4) is 0 Å². The van der Waals surface area contributed by atoms with Gasteiger partial charge in [-0.25, -0.2) is 9.37 Å². The summed E-state index contributed by atoms with van der Waals surface area (Å²) >= 11 is 0. The van der Waals surface area contributed by atoms with Gasteiger partial charge < -0.3 is 4.57 Å². The molecule has 1 saturated carbocycles. The van der Waals surface area contributed by atoms with Crippen LogP contribution in [0.2, 0.25) is 0 Å². The third-order valence-corrected chi connectivity index (χ3v) is 3.03. The summed E-state index contributed by atoms with van der Waals surface area (Å²) in [5, 5.41) is 2.77. The Hall–Kier alpha value is -1.91. The van der Waals surface area contributed by atoms with E-state index in [1.54, 1.807) is 17.7 Å². The molecule has 1 N–H and O–H groups in total. The molecule has 1 aliphatic carbocycles. The summed E-state index contributed by atoms with van der Waals surface area (Å²) in [4.78, 5) is 15.9. The van der Waals surface area contributed by atoms with E-state index in [2.05, 4.69) is 10.3 Å². The molecule has 1 aromatic heterocycles. The molecule has 1 aliphatic rings. The van der Waals surface area contributed by atoms with Crippen molar-refractivity contribution in [1.82, 2.24) is 9.55 Å². The Balaban J connectivity index is 1.98.